The molecular formula is C18H23N. The summed E-state index contributed by atoms with van der Waals surface area (Å²) in [7, 11) is 0. The fourth-order valence-electron chi connectivity index (χ4n) is 2.49. The molecule has 2 N–H and O–H groups in total. The summed E-state index contributed by atoms with van der Waals surface area (Å²) in [4.78, 5) is 0. The molecule has 0 aromatic heterocycles. The zero-order chi connectivity index (χ0) is 13.7. The molecule has 19 heavy (non-hydrogen) atoms. The molecule has 0 spiro atoms. The summed E-state index contributed by atoms with van der Waals surface area (Å²) in [6.07, 6.45) is 2.37. The Morgan fingerprint density at radius 2 is 1.47 bits per heavy atom. The Balaban J connectivity index is 2.15. The molecule has 2 rings (SSSR count). The van der Waals surface area contributed by atoms with E-state index in [9.17, 15) is 0 Å². The van der Waals surface area contributed by atoms with E-state index in [1.165, 1.54) is 29.5 Å². The minimum Gasteiger partial charge on any atom is -0.324 e. The van der Waals surface area contributed by atoms with Gasteiger partial charge in [-0.3, -0.25) is 0 Å². The van der Waals surface area contributed by atoms with E-state index in [4.69, 9.17) is 5.73 Å². The van der Waals surface area contributed by atoms with Gasteiger partial charge in [0.05, 0.1) is 0 Å². The highest BCUT2D eigenvalue weighted by atomic mass is 14.6. The van der Waals surface area contributed by atoms with Crippen LogP contribution in [0.4, 0.5) is 0 Å². The minimum absolute atomic E-state index is 0.143. The highest BCUT2D eigenvalue weighted by Crippen LogP contribution is 2.26. The molecule has 2 unspecified atom stereocenters. The van der Waals surface area contributed by atoms with Gasteiger partial charge in [0.2, 0.25) is 0 Å². The minimum atomic E-state index is 0.143. The molecule has 0 heterocycles. The maximum absolute atomic E-state index is 6.31. The van der Waals surface area contributed by atoms with Gasteiger partial charge in [-0.05, 0) is 29.0 Å². The smallest absolute Gasteiger partial charge is 0.0320 e. The van der Waals surface area contributed by atoms with Crippen LogP contribution in [0.1, 0.15) is 38.3 Å². The van der Waals surface area contributed by atoms with Crippen molar-refractivity contribution in [2.75, 3.05) is 0 Å². The van der Waals surface area contributed by atoms with Crippen molar-refractivity contribution in [3.05, 3.63) is 60.2 Å². The van der Waals surface area contributed by atoms with Crippen LogP contribution in [0.15, 0.2) is 54.6 Å². The second-order valence-electron chi connectivity index (χ2n) is 5.28. The van der Waals surface area contributed by atoms with Crippen molar-refractivity contribution >= 4 is 0 Å². The van der Waals surface area contributed by atoms with Crippen LogP contribution in [0.5, 0.6) is 0 Å². The maximum atomic E-state index is 6.31. The molecule has 2 atom stereocenters. The second kappa shape index (κ2) is 6.53. The third-order valence-electron chi connectivity index (χ3n) is 3.76. The summed E-state index contributed by atoms with van der Waals surface area (Å²) in [5.41, 5.74) is 10.1. The van der Waals surface area contributed by atoms with E-state index in [1.807, 2.05) is 6.07 Å². The number of hydrogen-bond donors (Lipinski definition) is 1. The van der Waals surface area contributed by atoms with Crippen LogP contribution >= 0.6 is 0 Å². The summed E-state index contributed by atoms with van der Waals surface area (Å²) >= 11 is 0. The fourth-order valence-corrected chi connectivity index (χ4v) is 2.49. The first-order valence-electron chi connectivity index (χ1n) is 7.13. The van der Waals surface area contributed by atoms with Crippen molar-refractivity contribution in [3.8, 4) is 11.1 Å². The molecular weight excluding hydrogens is 230 g/mol. The molecule has 2 aromatic carbocycles. The van der Waals surface area contributed by atoms with Crippen LogP contribution in [0.3, 0.4) is 0 Å². The standard InChI is InChI=1S/C18H23N/c1-3-7-14(2)18(19)17-12-10-16(11-13-17)15-8-5-4-6-9-15/h4-6,8-14,18H,3,7,19H2,1-2H3. The first-order chi connectivity index (χ1) is 9.22. The Bertz CT molecular complexity index is 487. The molecule has 0 aliphatic rings. The number of rotatable bonds is 5. The number of benzene rings is 2. The van der Waals surface area contributed by atoms with Crippen molar-refractivity contribution in [1.82, 2.24) is 0 Å². The molecule has 1 heteroatoms. The number of hydrogen-bond acceptors (Lipinski definition) is 1. The quantitative estimate of drug-likeness (QED) is 0.814. The van der Waals surface area contributed by atoms with Gasteiger partial charge in [0.25, 0.3) is 0 Å². The van der Waals surface area contributed by atoms with E-state index >= 15 is 0 Å². The van der Waals surface area contributed by atoms with Gasteiger partial charge in [-0.1, -0.05) is 74.9 Å². The largest absolute Gasteiger partial charge is 0.324 e. The van der Waals surface area contributed by atoms with Gasteiger partial charge in [-0.15, -0.1) is 0 Å². The first-order valence-corrected chi connectivity index (χ1v) is 7.13. The summed E-state index contributed by atoms with van der Waals surface area (Å²) in [6.45, 7) is 4.45. The van der Waals surface area contributed by atoms with Crippen molar-refractivity contribution in [2.45, 2.75) is 32.7 Å². The molecule has 0 aliphatic heterocycles. The molecule has 0 fully saturated rings. The van der Waals surface area contributed by atoms with Gasteiger partial charge in [0.1, 0.15) is 0 Å². The molecule has 2 aromatic rings. The summed E-state index contributed by atoms with van der Waals surface area (Å²) in [6, 6.07) is 19.3. The zero-order valence-corrected chi connectivity index (χ0v) is 11.8. The van der Waals surface area contributed by atoms with Crippen LogP contribution < -0.4 is 5.73 Å². The molecule has 1 nitrogen and oxygen atoms in total. The van der Waals surface area contributed by atoms with Crippen LogP contribution in [0.25, 0.3) is 11.1 Å². The molecule has 0 amide bonds. The van der Waals surface area contributed by atoms with E-state index < -0.39 is 0 Å². The van der Waals surface area contributed by atoms with Crippen LogP contribution in [-0.4, -0.2) is 0 Å². The predicted octanol–water partition coefficient (Wildman–Crippen LogP) is 4.79. The Kier molecular flexibility index (Phi) is 4.75. The Morgan fingerprint density at radius 3 is 2.05 bits per heavy atom. The van der Waals surface area contributed by atoms with E-state index in [2.05, 4.69) is 62.4 Å². The van der Waals surface area contributed by atoms with Gasteiger partial charge in [-0.2, -0.15) is 0 Å². The summed E-state index contributed by atoms with van der Waals surface area (Å²) < 4.78 is 0. The Morgan fingerprint density at radius 1 is 0.895 bits per heavy atom. The molecule has 0 radical (unpaired) electrons. The van der Waals surface area contributed by atoms with E-state index in [0.29, 0.717) is 5.92 Å². The zero-order valence-electron chi connectivity index (χ0n) is 11.8. The van der Waals surface area contributed by atoms with Crippen LogP contribution in [-0.2, 0) is 0 Å². The number of nitrogens with two attached hydrogens (primary N) is 1. The van der Waals surface area contributed by atoms with Gasteiger partial charge in [0, 0.05) is 6.04 Å². The van der Waals surface area contributed by atoms with Crippen molar-refractivity contribution in [3.63, 3.8) is 0 Å². The van der Waals surface area contributed by atoms with Crippen molar-refractivity contribution < 1.29 is 0 Å². The van der Waals surface area contributed by atoms with E-state index in [-0.39, 0.29) is 6.04 Å². The lowest BCUT2D eigenvalue weighted by Gasteiger charge is -2.20. The lowest BCUT2D eigenvalue weighted by molar-refractivity contribution is 0.434. The van der Waals surface area contributed by atoms with E-state index in [1.54, 1.807) is 0 Å². The van der Waals surface area contributed by atoms with Gasteiger partial charge in [0.15, 0.2) is 0 Å². The second-order valence-corrected chi connectivity index (χ2v) is 5.28. The molecule has 0 aliphatic carbocycles. The maximum Gasteiger partial charge on any atom is 0.0320 e. The first kappa shape index (κ1) is 13.8. The lowest BCUT2D eigenvalue weighted by atomic mass is 9.91. The molecule has 100 valence electrons. The van der Waals surface area contributed by atoms with Gasteiger partial charge in [-0.25, -0.2) is 0 Å². The third kappa shape index (κ3) is 3.45. The summed E-state index contributed by atoms with van der Waals surface area (Å²) in [5.74, 6) is 0.535. The molecule has 0 bridgehead atoms. The SMILES string of the molecule is CCCC(C)C(N)c1ccc(-c2ccccc2)cc1. The van der Waals surface area contributed by atoms with Crippen LogP contribution in [0.2, 0.25) is 0 Å². The van der Waals surface area contributed by atoms with Crippen molar-refractivity contribution in [1.29, 1.82) is 0 Å². The van der Waals surface area contributed by atoms with Crippen LogP contribution in [0, 0.1) is 5.92 Å². The monoisotopic (exact) mass is 253 g/mol. The molecule has 0 saturated heterocycles. The average molecular weight is 253 g/mol. The average Bonchev–Trinajstić information content (AvgIpc) is 2.48. The highest BCUT2D eigenvalue weighted by Gasteiger charge is 2.13. The van der Waals surface area contributed by atoms with Gasteiger partial charge >= 0.3 is 0 Å². The fraction of sp³-hybridized carbons (Fsp3) is 0.333. The normalized spacial score (nSPS) is 14.1. The predicted molar refractivity (Wildman–Crippen MR) is 82.9 cm³/mol. The Hall–Kier alpha value is -1.60. The highest BCUT2D eigenvalue weighted by molar-refractivity contribution is 5.63. The van der Waals surface area contributed by atoms with Gasteiger partial charge < -0.3 is 5.73 Å². The third-order valence-corrected chi connectivity index (χ3v) is 3.76. The van der Waals surface area contributed by atoms with Crippen molar-refractivity contribution in [2.24, 2.45) is 11.7 Å². The topological polar surface area (TPSA) is 26.0 Å². The molecule has 0 saturated carbocycles. The van der Waals surface area contributed by atoms with E-state index in [0.717, 1.165) is 0 Å². The Labute approximate surface area is 116 Å². The lowest BCUT2D eigenvalue weighted by Crippen LogP contribution is -2.18. The summed E-state index contributed by atoms with van der Waals surface area (Å²) in [5, 5.41) is 0.